The highest BCUT2D eigenvalue weighted by molar-refractivity contribution is 6.74. The SMILES string of the molecule is CC(C)(C)[Si](C)(C)OC[C@@]1(CCl)O[C@@H](n2ccc(=O)[nH]c2=O)[C@H](Cl)[C@@H]1O[Si](C)(C)C(C)(C)C. The second-order valence-corrected chi connectivity index (χ2v) is 22.4. The number of rotatable bonds is 7. The normalized spacial score (nSPS) is 27.2. The molecule has 2 rings (SSSR count). The first kappa shape index (κ1) is 28.8. The van der Waals surface area contributed by atoms with Crippen LogP contribution >= 0.6 is 23.2 Å². The number of hydrogen-bond donors (Lipinski definition) is 1. The molecule has 1 aliphatic rings. The molecule has 0 spiro atoms. The lowest BCUT2D eigenvalue weighted by molar-refractivity contribution is -0.109. The lowest BCUT2D eigenvalue weighted by atomic mass is 10.00. The van der Waals surface area contributed by atoms with Crippen molar-refractivity contribution in [3.05, 3.63) is 33.1 Å². The summed E-state index contributed by atoms with van der Waals surface area (Å²) in [7, 11) is -4.44. The van der Waals surface area contributed by atoms with E-state index in [0.29, 0.717) is 0 Å². The number of halogens is 2. The fraction of sp³-hybridized carbons (Fsp3) is 0.818. The van der Waals surface area contributed by atoms with Crippen LogP contribution in [0.5, 0.6) is 0 Å². The third-order valence-corrected chi connectivity index (χ3v) is 17.3. The van der Waals surface area contributed by atoms with Gasteiger partial charge in [-0.25, -0.2) is 4.79 Å². The predicted molar refractivity (Wildman–Crippen MR) is 140 cm³/mol. The third kappa shape index (κ3) is 5.87. The Hall–Kier alpha value is -0.426. The summed E-state index contributed by atoms with van der Waals surface area (Å²) in [5.41, 5.74) is -2.14. The van der Waals surface area contributed by atoms with Gasteiger partial charge in [-0.05, 0) is 36.3 Å². The molecular formula is C22H40Cl2N2O5Si2. The van der Waals surface area contributed by atoms with E-state index in [2.05, 4.69) is 72.7 Å². The van der Waals surface area contributed by atoms with Crippen molar-refractivity contribution in [3.8, 4) is 0 Å². The number of aromatic nitrogens is 2. The molecule has 33 heavy (non-hydrogen) atoms. The van der Waals surface area contributed by atoms with E-state index in [4.69, 9.17) is 36.8 Å². The number of aromatic amines is 1. The topological polar surface area (TPSA) is 82.5 Å². The van der Waals surface area contributed by atoms with Crippen LogP contribution in [0.4, 0.5) is 0 Å². The van der Waals surface area contributed by atoms with E-state index >= 15 is 0 Å². The van der Waals surface area contributed by atoms with Crippen LogP contribution in [-0.4, -0.2) is 55.8 Å². The molecule has 11 heteroatoms. The molecule has 1 fully saturated rings. The molecule has 7 nitrogen and oxygen atoms in total. The van der Waals surface area contributed by atoms with E-state index in [9.17, 15) is 9.59 Å². The van der Waals surface area contributed by atoms with Gasteiger partial charge in [-0.2, -0.15) is 0 Å². The highest BCUT2D eigenvalue weighted by atomic mass is 35.5. The van der Waals surface area contributed by atoms with Crippen LogP contribution in [0, 0.1) is 0 Å². The molecule has 0 unspecified atom stereocenters. The first-order chi connectivity index (χ1) is 14.8. The van der Waals surface area contributed by atoms with E-state index in [1.807, 2.05) is 0 Å². The Labute approximate surface area is 209 Å². The van der Waals surface area contributed by atoms with Crippen LogP contribution in [0.15, 0.2) is 21.9 Å². The zero-order valence-corrected chi connectivity index (χ0v) is 25.1. The van der Waals surface area contributed by atoms with Crippen molar-refractivity contribution in [1.82, 2.24) is 9.55 Å². The summed E-state index contributed by atoms with van der Waals surface area (Å²) in [5, 5.41) is -0.802. The smallest absolute Gasteiger partial charge is 0.330 e. The van der Waals surface area contributed by atoms with Crippen molar-refractivity contribution < 1.29 is 13.6 Å². The van der Waals surface area contributed by atoms with Gasteiger partial charge in [0.2, 0.25) is 0 Å². The second-order valence-electron chi connectivity index (χ2n) is 12.0. The predicted octanol–water partition coefficient (Wildman–Crippen LogP) is 5.06. The molecule has 1 aromatic rings. The Morgan fingerprint density at radius 1 is 1.09 bits per heavy atom. The summed E-state index contributed by atoms with van der Waals surface area (Å²) in [5.74, 6) is 0.0821. The van der Waals surface area contributed by atoms with Crippen LogP contribution in [0.3, 0.4) is 0 Å². The molecule has 0 bridgehead atoms. The zero-order valence-electron chi connectivity index (χ0n) is 21.5. The first-order valence-electron chi connectivity index (χ1n) is 11.3. The average Bonchev–Trinajstić information content (AvgIpc) is 2.91. The molecule has 190 valence electrons. The van der Waals surface area contributed by atoms with Crippen LogP contribution in [0.25, 0.3) is 0 Å². The van der Waals surface area contributed by atoms with Crippen molar-refractivity contribution in [2.75, 3.05) is 12.5 Å². The number of nitrogens with zero attached hydrogens (tertiary/aromatic N) is 1. The van der Waals surface area contributed by atoms with E-state index in [1.165, 1.54) is 16.8 Å². The number of alkyl halides is 2. The fourth-order valence-corrected chi connectivity index (χ4v) is 6.32. The largest absolute Gasteiger partial charge is 0.414 e. The molecular weight excluding hydrogens is 499 g/mol. The van der Waals surface area contributed by atoms with Gasteiger partial charge in [0, 0.05) is 12.3 Å². The van der Waals surface area contributed by atoms with Gasteiger partial charge < -0.3 is 13.6 Å². The highest BCUT2D eigenvalue weighted by Gasteiger charge is 2.59. The minimum atomic E-state index is -2.29. The van der Waals surface area contributed by atoms with Gasteiger partial charge in [0.1, 0.15) is 11.0 Å². The summed E-state index contributed by atoms with van der Waals surface area (Å²) in [4.78, 5) is 26.4. The number of hydrogen-bond acceptors (Lipinski definition) is 5. The van der Waals surface area contributed by atoms with Gasteiger partial charge in [-0.3, -0.25) is 14.3 Å². The highest BCUT2D eigenvalue weighted by Crippen LogP contribution is 2.48. The summed E-state index contributed by atoms with van der Waals surface area (Å²) >= 11 is 13.5. The maximum absolute atomic E-state index is 12.6. The minimum Gasteiger partial charge on any atom is -0.414 e. The summed E-state index contributed by atoms with van der Waals surface area (Å²) < 4.78 is 21.1. The number of nitrogens with one attached hydrogen (secondary N) is 1. The maximum Gasteiger partial charge on any atom is 0.330 e. The Morgan fingerprint density at radius 2 is 1.64 bits per heavy atom. The molecule has 0 aromatic carbocycles. The van der Waals surface area contributed by atoms with Crippen LogP contribution in [0.1, 0.15) is 47.8 Å². The Bertz CT molecular complexity index is 952. The maximum atomic E-state index is 12.6. The minimum absolute atomic E-state index is 0.00941. The standard InChI is InChI=1S/C22H40Cl2N2O5Si2/c1-20(2,3)32(7,8)29-14-22(13-23)17(31-33(9,10)21(4,5)6)16(24)18(30-22)26-12-11-15(27)25-19(26)28/h11-12,16-18H,13-14H2,1-10H3,(H,25,27,28)/t16-,17+,18-,22-/m1/s1. The van der Waals surface area contributed by atoms with Crippen molar-refractivity contribution >= 4 is 39.8 Å². The van der Waals surface area contributed by atoms with Gasteiger partial charge in [-0.15, -0.1) is 23.2 Å². The Balaban J connectivity index is 2.54. The monoisotopic (exact) mass is 538 g/mol. The Kier molecular flexibility index (Phi) is 8.34. The van der Waals surface area contributed by atoms with Crippen molar-refractivity contribution in [3.63, 3.8) is 0 Å². The molecule has 1 N–H and O–H groups in total. The molecule has 1 aromatic heterocycles. The molecule has 2 heterocycles. The molecule has 0 saturated carbocycles. The van der Waals surface area contributed by atoms with Crippen molar-refractivity contribution in [2.45, 2.75) is 101 Å². The second kappa shape index (κ2) is 9.56. The van der Waals surface area contributed by atoms with Crippen molar-refractivity contribution in [1.29, 1.82) is 0 Å². The van der Waals surface area contributed by atoms with Gasteiger partial charge >= 0.3 is 5.69 Å². The Morgan fingerprint density at radius 3 is 2.09 bits per heavy atom. The van der Waals surface area contributed by atoms with E-state index < -0.39 is 51.2 Å². The van der Waals surface area contributed by atoms with Gasteiger partial charge in [0.05, 0.1) is 18.6 Å². The summed E-state index contributed by atoms with van der Waals surface area (Å²) in [6.07, 6.45) is -0.0809. The van der Waals surface area contributed by atoms with Crippen molar-refractivity contribution in [2.24, 2.45) is 0 Å². The van der Waals surface area contributed by atoms with E-state index in [0.717, 1.165) is 0 Å². The molecule has 1 aliphatic heterocycles. The average molecular weight is 540 g/mol. The molecule has 0 aliphatic carbocycles. The number of H-pyrrole nitrogens is 1. The van der Waals surface area contributed by atoms with Gasteiger partial charge in [-0.1, -0.05) is 41.5 Å². The zero-order chi connectivity index (χ0) is 25.6. The van der Waals surface area contributed by atoms with E-state index in [-0.39, 0.29) is 22.6 Å². The summed E-state index contributed by atoms with van der Waals surface area (Å²) in [6.45, 7) is 21.8. The number of ether oxygens (including phenoxy) is 1. The molecule has 0 amide bonds. The van der Waals surface area contributed by atoms with Crippen LogP contribution in [0.2, 0.25) is 36.3 Å². The summed E-state index contributed by atoms with van der Waals surface area (Å²) in [6, 6.07) is 1.27. The quantitative estimate of drug-likeness (QED) is 0.387. The molecule has 1 saturated heterocycles. The van der Waals surface area contributed by atoms with Gasteiger partial charge in [0.25, 0.3) is 5.56 Å². The molecule has 4 atom stereocenters. The molecule has 0 radical (unpaired) electrons. The fourth-order valence-electron chi connectivity index (χ4n) is 3.10. The van der Waals surface area contributed by atoms with Crippen LogP contribution < -0.4 is 11.2 Å². The lowest BCUT2D eigenvalue weighted by Gasteiger charge is -2.44. The third-order valence-electron chi connectivity index (χ3n) is 7.50. The lowest BCUT2D eigenvalue weighted by Crippen LogP contribution is -2.57. The van der Waals surface area contributed by atoms with Crippen LogP contribution in [-0.2, 0) is 13.6 Å². The van der Waals surface area contributed by atoms with Gasteiger partial charge in [0.15, 0.2) is 22.9 Å². The van der Waals surface area contributed by atoms with E-state index in [1.54, 1.807) is 0 Å². The first-order valence-corrected chi connectivity index (χ1v) is 18.1.